The van der Waals surface area contributed by atoms with Crippen molar-refractivity contribution in [3.05, 3.63) is 36.5 Å². The lowest BCUT2D eigenvalue weighted by atomic mass is 9.27. The van der Waals surface area contributed by atoms with Crippen LogP contribution in [0, 0.1) is 5.92 Å². The van der Waals surface area contributed by atoms with Gasteiger partial charge in [-0.05, 0) is 11.7 Å². The molecule has 2 bridgehead atoms. The molecule has 0 aromatic heterocycles. The maximum Gasteiger partial charge on any atom is 0.156 e. The standard InChI is InChI=1S/C15H23B/c1-3-7-15-13-8-5-6-9-14(11-10-13)16(15)12-4-2/h5-6,8-11,13-15H,3-4,7,12H2,1-2H3/b8-5-,9-6-. The van der Waals surface area contributed by atoms with Crippen LogP contribution in [-0.4, -0.2) is 6.71 Å². The molecule has 86 valence electrons. The van der Waals surface area contributed by atoms with Crippen molar-refractivity contribution < 1.29 is 0 Å². The van der Waals surface area contributed by atoms with Crippen molar-refractivity contribution in [3.63, 3.8) is 0 Å². The molecular weight excluding hydrogens is 191 g/mol. The van der Waals surface area contributed by atoms with Crippen LogP contribution in [0.4, 0.5) is 0 Å². The van der Waals surface area contributed by atoms with Crippen LogP contribution in [0.2, 0.25) is 18.0 Å². The zero-order valence-corrected chi connectivity index (χ0v) is 10.6. The van der Waals surface area contributed by atoms with Crippen molar-refractivity contribution in [2.24, 2.45) is 5.92 Å². The number of fused-ring (bicyclic) bond motifs is 2. The van der Waals surface area contributed by atoms with Crippen LogP contribution >= 0.6 is 0 Å². The van der Waals surface area contributed by atoms with Gasteiger partial charge in [0.05, 0.1) is 0 Å². The summed E-state index contributed by atoms with van der Waals surface area (Å²) in [5.74, 6) is 2.26. The van der Waals surface area contributed by atoms with E-state index in [2.05, 4.69) is 50.3 Å². The summed E-state index contributed by atoms with van der Waals surface area (Å²) in [5.41, 5.74) is 0. The SMILES string of the molecule is CCCB1C2C=CC(/C=C\C=C/2)C1CCC. The highest BCUT2D eigenvalue weighted by molar-refractivity contribution is 6.63. The maximum atomic E-state index is 2.44. The lowest BCUT2D eigenvalue weighted by Crippen LogP contribution is -2.32. The first-order valence-corrected chi connectivity index (χ1v) is 6.90. The average molecular weight is 214 g/mol. The first-order chi connectivity index (χ1) is 7.86. The van der Waals surface area contributed by atoms with E-state index in [1.54, 1.807) is 0 Å². The molecule has 0 fully saturated rings. The minimum absolute atomic E-state index is 0.692. The molecule has 0 spiro atoms. The van der Waals surface area contributed by atoms with Gasteiger partial charge in [0.2, 0.25) is 0 Å². The van der Waals surface area contributed by atoms with E-state index < -0.39 is 0 Å². The third-order valence-electron chi connectivity index (χ3n) is 4.12. The predicted molar refractivity (Wildman–Crippen MR) is 74.2 cm³/mol. The summed E-state index contributed by atoms with van der Waals surface area (Å²) < 4.78 is 0. The van der Waals surface area contributed by atoms with Gasteiger partial charge in [-0.25, -0.2) is 0 Å². The van der Waals surface area contributed by atoms with Crippen LogP contribution in [0.15, 0.2) is 36.5 Å². The summed E-state index contributed by atoms with van der Waals surface area (Å²) in [6.45, 7) is 5.51. The topological polar surface area (TPSA) is 0 Å². The summed E-state index contributed by atoms with van der Waals surface area (Å²) in [6.07, 6.45) is 19.6. The molecule has 3 rings (SSSR count). The van der Waals surface area contributed by atoms with Gasteiger partial charge in [-0.2, -0.15) is 0 Å². The van der Waals surface area contributed by atoms with Gasteiger partial charge in [-0.1, -0.05) is 81.7 Å². The molecule has 0 radical (unpaired) electrons. The molecule has 3 aliphatic rings. The van der Waals surface area contributed by atoms with Crippen LogP contribution in [0.3, 0.4) is 0 Å². The van der Waals surface area contributed by atoms with Crippen molar-refractivity contribution in [1.29, 1.82) is 0 Å². The summed E-state index contributed by atoms with van der Waals surface area (Å²) in [4.78, 5) is 0. The predicted octanol–water partition coefficient (Wildman–Crippen LogP) is 4.74. The summed E-state index contributed by atoms with van der Waals surface area (Å²) in [5, 5.41) is 0. The molecule has 0 aromatic rings. The van der Waals surface area contributed by atoms with Gasteiger partial charge in [0.1, 0.15) is 0 Å². The van der Waals surface area contributed by atoms with Gasteiger partial charge in [-0.15, -0.1) is 0 Å². The Morgan fingerprint density at radius 2 is 1.75 bits per heavy atom. The van der Waals surface area contributed by atoms with E-state index in [1.807, 2.05) is 0 Å². The summed E-state index contributed by atoms with van der Waals surface area (Å²) in [7, 11) is 0. The second-order valence-electron chi connectivity index (χ2n) is 5.21. The maximum absolute atomic E-state index is 2.44. The first-order valence-electron chi connectivity index (χ1n) is 6.90. The quantitative estimate of drug-likeness (QED) is 0.468. The van der Waals surface area contributed by atoms with Crippen molar-refractivity contribution in [3.8, 4) is 0 Å². The van der Waals surface area contributed by atoms with E-state index >= 15 is 0 Å². The first kappa shape index (κ1) is 11.8. The van der Waals surface area contributed by atoms with Crippen molar-refractivity contribution in [2.75, 3.05) is 0 Å². The molecule has 1 aliphatic carbocycles. The molecule has 0 saturated heterocycles. The zero-order chi connectivity index (χ0) is 11.4. The Morgan fingerprint density at radius 3 is 2.50 bits per heavy atom. The van der Waals surface area contributed by atoms with Gasteiger partial charge >= 0.3 is 0 Å². The van der Waals surface area contributed by atoms with Crippen LogP contribution < -0.4 is 0 Å². The molecule has 1 heteroatoms. The molecule has 3 atom stereocenters. The monoisotopic (exact) mass is 214 g/mol. The summed E-state index contributed by atoms with van der Waals surface area (Å²) >= 11 is 0. The van der Waals surface area contributed by atoms with Gasteiger partial charge in [0.15, 0.2) is 6.71 Å². The fraction of sp³-hybridized carbons (Fsp3) is 0.600. The molecule has 0 aromatic carbocycles. The van der Waals surface area contributed by atoms with Crippen molar-refractivity contribution in [2.45, 2.75) is 51.1 Å². The van der Waals surface area contributed by atoms with E-state index in [-0.39, 0.29) is 0 Å². The zero-order valence-electron chi connectivity index (χ0n) is 10.6. The lowest BCUT2D eigenvalue weighted by Gasteiger charge is -2.36. The molecule has 0 amide bonds. The second-order valence-corrected chi connectivity index (χ2v) is 5.21. The van der Waals surface area contributed by atoms with Gasteiger partial charge in [-0.3, -0.25) is 0 Å². The Morgan fingerprint density at radius 1 is 0.938 bits per heavy atom. The Kier molecular flexibility index (Phi) is 4.09. The van der Waals surface area contributed by atoms with E-state index in [0.717, 1.165) is 12.5 Å². The van der Waals surface area contributed by atoms with Crippen LogP contribution in [-0.2, 0) is 0 Å². The Labute approximate surface area is 101 Å². The van der Waals surface area contributed by atoms with E-state index in [4.69, 9.17) is 0 Å². The van der Waals surface area contributed by atoms with Gasteiger partial charge in [0.25, 0.3) is 0 Å². The van der Waals surface area contributed by atoms with E-state index in [9.17, 15) is 0 Å². The number of hydrogen-bond donors (Lipinski definition) is 0. The van der Waals surface area contributed by atoms with Crippen LogP contribution in [0.5, 0.6) is 0 Å². The highest BCUT2D eigenvalue weighted by Crippen LogP contribution is 2.43. The van der Waals surface area contributed by atoms with E-state index in [1.165, 1.54) is 25.6 Å². The second kappa shape index (κ2) is 5.56. The summed E-state index contributed by atoms with van der Waals surface area (Å²) in [6, 6.07) is 0. The Balaban J connectivity index is 2.23. The molecule has 0 N–H and O–H groups in total. The Hall–Kier alpha value is -0.715. The van der Waals surface area contributed by atoms with Gasteiger partial charge in [0, 0.05) is 0 Å². The largest absolute Gasteiger partial charge is 0.156 e. The number of hydrogen-bond acceptors (Lipinski definition) is 0. The van der Waals surface area contributed by atoms with Crippen LogP contribution in [0.1, 0.15) is 33.1 Å². The Bertz CT molecular complexity index is 271. The normalized spacial score (nSPS) is 35.9. The fourth-order valence-corrected chi connectivity index (χ4v) is 3.39. The number of rotatable bonds is 4. The number of allylic oxidation sites excluding steroid dienone is 6. The molecular formula is C15H23B. The molecule has 0 nitrogen and oxygen atoms in total. The van der Waals surface area contributed by atoms with E-state index in [0.29, 0.717) is 11.7 Å². The third kappa shape index (κ3) is 2.34. The molecule has 0 saturated carbocycles. The molecule has 3 unspecified atom stereocenters. The molecule has 2 aliphatic heterocycles. The molecule has 2 heterocycles. The van der Waals surface area contributed by atoms with Crippen LogP contribution in [0.25, 0.3) is 0 Å². The average Bonchev–Trinajstić information content (AvgIpc) is 2.24. The molecule has 16 heavy (non-hydrogen) atoms. The van der Waals surface area contributed by atoms with Crippen molar-refractivity contribution >= 4 is 6.71 Å². The van der Waals surface area contributed by atoms with Gasteiger partial charge < -0.3 is 0 Å². The lowest BCUT2D eigenvalue weighted by molar-refractivity contribution is 0.607. The third-order valence-corrected chi connectivity index (χ3v) is 4.12. The smallest absolute Gasteiger partial charge is 0.0883 e. The fourth-order valence-electron chi connectivity index (χ4n) is 3.39. The highest BCUT2D eigenvalue weighted by atomic mass is 14.2. The minimum Gasteiger partial charge on any atom is -0.0883 e. The van der Waals surface area contributed by atoms with Crippen molar-refractivity contribution in [1.82, 2.24) is 0 Å². The highest BCUT2D eigenvalue weighted by Gasteiger charge is 2.36. The minimum atomic E-state index is 0.692.